The molecule has 7 nitrogen and oxygen atoms in total. The predicted molar refractivity (Wildman–Crippen MR) is 94.9 cm³/mol. The number of carboxylic acid groups (broad SMARTS) is 1. The van der Waals surface area contributed by atoms with E-state index < -0.39 is 12.6 Å². The molecule has 0 spiro atoms. The molecule has 0 saturated carbocycles. The van der Waals surface area contributed by atoms with Crippen molar-refractivity contribution in [2.24, 2.45) is 11.3 Å². The van der Waals surface area contributed by atoms with Gasteiger partial charge in [0.05, 0.1) is 25.3 Å². The maximum atomic E-state index is 10.7. The molecule has 2 N–H and O–H groups in total. The average Bonchev–Trinajstić information content (AvgIpc) is 2.98. The normalized spacial score (nSPS) is 25.7. The number of aliphatic hydroxyl groups excluding tert-OH is 1. The van der Waals surface area contributed by atoms with Gasteiger partial charge in [0, 0.05) is 31.7 Å². The van der Waals surface area contributed by atoms with Crippen LogP contribution in [0.15, 0.2) is 12.1 Å². The quantitative estimate of drug-likeness (QED) is 0.737. The molecule has 0 aliphatic carbocycles. The SMILES string of the molecule is COc1cc(CN2C[C@@H]3CCOC[C@]3(CO)C2)cc(Cl)c1OCC(=O)O. The van der Waals surface area contributed by atoms with Crippen LogP contribution in [0.1, 0.15) is 12.0 Å². The Bertz CT molecular complexity index is 669. The van der Waals surface area contributed by atoms with Crippen LogP contribution in [0.2, 0.25) is 5.02 Å². The van der Waals surface area contributed by atoms with Gasteiger partial charge in [0.15, 0.2) is 18.1 Å². The smallest absolute Gasteiger partial charge is 0.341 e. The molecule has 2 fully saturated rings. The van der Waals surface area contributed by atoms with Gasteiger partial charge in [-0.25, -0.2) is 4.79 Å². The van der Waals surface area contributed by atoms with E-state index in [1.807, 2.05) is 6.07 Å². The van der Waals surface area contributed by atoms with Gasteiger partial charge in [0.1, 0.15) is 0 Å². The Morgan fingerprint density at radius 2 is 2.31 bits per heavy atom. The van der Waals surface area contributed by atoms with Crippen LogP contribution in [0.25, 0.3) is 0 Å². The minimum atomic E-state index is -1.08. The number of benzene rings is 1. The molecule has 0 aromatic heterocycles. The number of hydrogen-bond donors (Lipinski definition) is 2. The second-order valence-electron chi connectivity index (χ2n) is 7.02. The van der Waals surface area contributed by atoms with E-state index >= 15 is 0 Å². The number of ether oxygens (including phenoxy) is 3. The Morgan fingerprint density at radius 3 is 2.96 bits per heavy atom. The number of hydrogen-bond acceptors (Lipinski definition) is 6. The predicted octanol–water partition coefficient (Wildman–Crippen LogP) is 1.64. The van der Waals surface area contributed by atoms with E-state index in [2.05, 4.69) is 4.90 Å². The molecule has 0 amide bonds. The van der Waals surface area contributed by atoms with Crippen molar-refractivity contribution in [2.75, 3.05) is 46.6 Å². The van der Waals surface area contributed by atoms with Crippen LogP contribution in [0.4, 0.5) is 0 Å². The van der Waals surface area contributed by atoms with Gasteiger partial charge in [-0.3, -0.25) is 4.90 Å². The lowest BCUT2D eigenvalue weighted by molar-refractivity contribution is -0.139. The monoisotopic (exact) mass is 385 g/mol. The van der Waals surface area contributed by atoms with Gasteiger partial charge in [-0.15, -0.1) is 0 Å². The standard InChI is InChI=1S/C18H24ClNO6/c1-24-15-5-12(4-14(19)17(15)26-8-16(22)23)6-20-7-13-2-3-25-11-18(13,9-20)10-21/h4-5,13,21H,2-3,6-11H2,1H3,(H,22,23)/t13-,18+/m0/s1. The third-order valence-corrected chi connectivity index (χ3v) is 5.51. The highest BCUT2D eigenvalue weighted by Crippen LogP contribution is 2.42. The number of carboxylic acids is 1. The summed E-state index contributed by atoms with van der Waals surface area (Å²) >= 11 is 6.28. The number of carbonyl (C=O) groups is 1. The number of aliphatic carboxylic acids is 1. The lowest BCUT2D eigenvalue weighted by Crippen LogP contribution is -2.42. The molecule has 144 valence electrons. The molecule has 2 aliphatic heterocycles. The number of halogens is 1. The van der Waals surface area contributed by atoms with Crippen LogP contribution in [-0.2, 0) is 16.1 Å². The van der Waals surface area contributed by atoms with Crippen LogP contribution < -0.4 is 9.47 Å². The van der Waals surface area contributed by atoms with Crippen LogP contribution >= 0.6 is 11.6 Å². The van der Waals surface area contributed by atoms with Gasteiger partial charge >= 0.3 is 5.97 Å². The van der Waals surface area contributed by atoms with Gasteiger partial charge in [-0.05, 0) is 30.0 Å². The molecular formula is C18H24ClNO6. The van der Waals surface area contributed by atoms with Gasteiger partial charge in [-0.1, -0.05) is 11.6 Å². The largest absolute Gasteiger partial charge is 0.493 e. The highest BCUT2D eigenvalue weighted by atomic mass is 35.5. The highest BCUT2D eigenvalue weighted by molar-refractivity contribution is 6.32. The number of aliphatic hydroxyl groups is 1. The summed E-state index contributed by atoms with van der Waals surface area (Å²) in [6.07, 6.45) is 0.961. The number of likely N-dealkylation sites (tertiary alicyclic amines) is 1. The number of nitrogens with zero attached hydrogens (tertiary/aromatic N) is 1. The first-order valence-electron chi connectivity index (χ1n) is 8.59. The first kappa shape index (κ1) is 19.2. The molecule has 1 aromatic rings. The summed E-state index contributed by atoms with van der Waals surface area (Å²) in [6.45, 7) is 3.31. The molecule has 3 rings (SSSR count). The van der Waals surface area contributed by atoms with Gasteiger partial charge < -0.3 is 24.4 Å². The summed E-state index contributed by atoms with van der Waals surface area (Å²) in [5.74, 6) is -0.0126. The van der Waals surface area contributed by atoms with Gasteiger partial charge in [0.25, 0.3) is 0 Å². The molecule has 2 atom stereocenters. The Morgan fingerprint density at radius 1 is 1.50 bits per heavy atom. The fraction of sp³-hybridized carbons (Fsp3) is 0.611. The lowest BCUT2D eigenvalue weighted by atomic mass is 9.76. The van der Waals surface area contributed by atoms with Gasteiger partial charge in [-0.2, -0.15) is 0 Å². The van der Waals surface area contributed by atoms with E-state index in [1.54, 1.807) is 6.07 Å². The van der Waals surface area contributed by atoms with Crippen molar-refractivity contribution in [3.05, 3.63) is 22.7 Å². The summed E-state index contributed by atoms with van der Waals surface area (Å²) in [6, 6.07) is 3.58. The van der Waals surface area contributed by atoms with Crippen molar-refractivity contribution in [3.63, 3.8) is 0 Å². The number of rotatable bonds is 7. The summed E-state index contributed by atoms with van der Waals surface area (Å²) in [5, 5.41) is 19.0. The summed E-state index contributed by atoms with van der Waals surface area (Å²) in [4.78, 5) is 13.0. The Labute approximate surface area is 157 Å². The van der Waals surface area contributed by atoms with E-state index in [4.69, 9.17) is 30.9 Å². The zero-order chi connectivity index (χ0) is 18.7. The zero-order valence-electron chi connectivity index (χ0n) is 14.7. The fourth-order valence-corrected chi connectivity index (χ4v) is 4.24. The van der Waals surface area contributed by atoms with Crippen molar-refractivity contribution in [2.45, 2.75) is 13.0 Å². The minimum Gasteiger partial charge on any atom is -0.493 e. The van der Waals surface area contributed by atoms with E-state index in [9.17, 15) is 9.90 Å². The summed E-state index contributed by atoms with van der Waals surface area (Å²) in [5.41, 5.74) is 0.763. The Hall–Kier alpha value is -1.54. The molecule has 0 bridgehead atoms. The fourth-order valence-electron chi connectivity index (χ4n) is 3.95. The summed E-state index contributed by atoms with van der Waals surface area (Å²) in [7, 11) is 1.49. The molecule has 2 heterocycles. The van der Waals surface area contributed by atoms with Crippen molar-refractivity contribution in [1.82, 2.24) is 4.90 Å². The maximum absolute atomic E-state index is 10.7. The van der Waals surface area contributed by atoms with E-state index in [-0.39, 0.29) is 17.8 Å². The van der Waals surface area contributed by atoms with Crippen LogP contribution in [0.3, 0.4) is 0 Å². The van der Waals surface area contributed by atoms with E-state index in [1.165, 1.54) is 7.11 Å². The zero-order valence-corrected chi connectivity index (χ0v) is 15.5. The molecule has 1 aromatic carbocycles. The van der Waals surface area contributed by atoms with Crippen LogP contribution in [0.5, 0.6) is 11.5 Å². The van der Waals surface area contributed by atoms with Crippen LogP contribution in [-0.4, -0.2) is 67.7 Å². The van der Waals surface area contributed by atoms with Gasteiger partial charge in [0.2, 0.25) is 0 Å². The van der Waals surface area contributed by atoms with E-state index in [0.717, 1.165) is 31.7 Å². The first-order valence-corrected chi connectivity index (χ1v) is 8.97. The number of fused-ring (bicyclic) bond motifs is 1. The van der Waals surface area contributed by atoms with Crippen molar-refractivity contribution in [1.29, 1.82) is 0 Å². The molecule has 2 saturated heterocycles. The third-order valence-electron chi connectivity index (χ3n) is 5.23. The van der Waals surface area contributed by atoms with Crippen LogP contribution in [0, 0.1) is 11.3 Å². The highest BCUT2D eigenvalue weighted by Gasteiger charge is 2.47. The molecule has 2 aliphatic rings. The molecular weight excluding hydrogens is 362 g/mol. The first-order chi connectivity index (χ1) is 12.5. The molecule has 8 heteroatoms. The third kappa shape index (κ3) is 3.91. The van der Waals surface area contributed by atoms with Crippen molar-refractivity contribution < 1.29 is 29.2 Å². The second kappa shape index (κ2) is 8.00. The van der Waals surface area contributed by atoms with E-state index in [0.29, 0.717) is 29.8 Å². The summed E-state index contributed by atoms with van der Waals surface area (Å²) < 4.78 is 16.2. The Balaban J connectivity index is 1.74. The van der Waals surface area contributed by atoms with Crippen molar-refractivity contribution >= 4 is 17.6 Å². The average molecular weight is 386 g/mol. The number of methoxy groups -OCH3 is 1. The van der Waals surface area contributed by atoms with Crippen molar-refractivity contribution in [3.8, 4) is 11.5 Å². The minimum absolute atomic E-state index is 0.125. The molecule has 0 unspecified atom stereocenters. The lowest BCUT2D eigenvalue weighted by Gasteiger charge is -2.36. The Kier molecular flexibility index (Phi) is 5.92. The maximum Gasteiger partial charge on any atom is 0.341 e. The molecule has 0 radical (unpaired) electrons. The second-order valence-corrected chi connectivity index (χ2v) is 7.43. The topological polar surface area (TPSA) is 88.5 Å². The molecule has 26 heavy (non-hydrogen) atoms.